The molecule has 39 heavy (non-hydrogen) atoms. The summed E-state index contributed by atoms with van der Waals surface area (Å²) >= 11 is 8.90. The molecule has 202 valence electrons. The predicted molar refractivity (Wildman–Crippen MR) is 153 cm³/mol. The second kappa shape index (κ2) is 12.1. The maximum Gasteiger partial charge on any atom is 0.277 e. The molecule has 1 N–H and O–H groups in total. The summed E-state index contributed by atoms with van der Waals surface area (Å²) < 4.78 is 32.4. The van der Waals surface area contributed by atoms with E-state index in [1.54, 1.807) is 29.6 Å². The molecular weight excluding hydrogens is 578 g/mol. The van der Waals surface area contributed by atoms with Crippen LogP contribution in [-0.2, 0) is 20.5 Å². The van der Waals surface area contributed by atoms with Gasteiger partial charge < -0.3 is 4.74 Å². The zero-order valence-corrected chi connectivity index (χ0v) is 24.0. The summed E-state index contributed by atoms with van der Waals surface area (Å²) in [4.78, 5) is 26.3. The van der Waals surface area contributed by atoms with Crippen LogP contribution >= 0.6 is 34.7 Å². The Balaban J connectivity index is 1.25. The predicted octanol–water partition coefficient (Wildman–Crippen LogP) is 5.13. The van der Waals surface area contributed by atoms with Gasteiger partial charge in [0.25, 0.3) is 5.91 Å². The third-order valence-corrected chi connectivity index (χ3v) is 9.90. The maximum atomic E-state index is 13.0. The minimum atomic E-state index is -3.58. The first-order valence-corrected chi connectivity index (χ1v) is 15.6. The van der Waals surface area contributed by atoms with Gasteiger partial charge in [-0.25, -0.2) is 23.4 Å². The van der Waals surface area contributed by atoms with Crippen molar-refractivity contribution in [1.29, 1.82) is 0 Å². The van der Waals surface area contributed by atoms with Gasteiger partial charge in [-0.15, -0.1) is 11.3 Å². The number of hydrogen-bond acceptors (Lipinski definition) is 9. The number of carbonyl (C=O) groups excluding carboxylic acids is 1. The molecule has 0 radical (unpaired) electrons. The van der Waals surface area contributed by atoms with Crippen LogP contribution < -0.4 is 5.32 Å². The second-order valence-corrected chi connectivity index (χ2v) is 12.7. The van der Waals surface area contributed by atoms with Crippen LogP contribution in [0, 0.1) is 6.92 Å². The smallest absolute Gasteiger partial charge is 0.277 e. The molecule has 13 heteroatoms. The van der Waals surface area contributed by atoms with Crippen molar-refractivity contribution in [1.82, 2.24) is 19.3 Å². The molecular formula is C26H24ClN5O4S3. The number of halogens is 1. The number of amides is 1. The average Bonchev–Trinajstić information content (AvgIpc) is 3.42. The van der Waals surface area contributed by atoms with Crippen molar-refractivity contribution in [2.45, 2.75) is 22.7 Å². The molecule has 1 aliphatic rings. The van der Waals surface area contributed by atoms with Crippen molar-refractivity contribution in [2.75, 3.05) is 31.6 Å². The lowest BCUT2D eigenvalue weighted by Gasteiger charge is -2.26. The molecule has 0 bridgehead atoms. The molecule has 1 amide bonds. The van der Waals surface area contributed by atoms with E-state index in [9.17, 15) is 13.2 Å². The fourth-order valence-electron chi connectivity index (χ4n) is 3.85. The number of thioether (sulfide) groups is 1. The van der Waals surface area contributed by atoms with Gasteiger partial charge in [-0.1, -0.05) is 59.8 Å². The standard InChI is InChI=1S/C26H24ClN5O4S3/c1-17-4-2-3-5-19(17)15-37-25-28-14-21(27)23(30-25)24(33)31-26-29-22(16-38-26)18-6-8-20(9-7-18)39(34,35)32-10-12-36-13-11-32/h2-9,14,16H,10-13,15H2,1H3,(H,29,31,33). The third-order valence-electron chi connectivity index (χ3n) is 6.04. The summed E-state index contributed by atoms with van der Waals surface area (Å²) in [6, 6.07) is 14.6. The van der Waals surface area contributed by atoms with E-state index in [4.69, 9.17) is 16.3 Å². The van der Waals surface area contributed by atoms with Crippen LogP contribution in [0.4, 0.5) is 5.13 Å². The monoisotopic (exact) mass is 601 g/mol. The first kappa shape index (κ1) is 27.7. The number of thiazole rings is 1. The van der Waals surface area contributed by atoms with E-state index in [0.717, 1.165) is 11.1 Å². The molecule has 0 unspecified atom stereocenters. The number of morpholine rings is 1. The maximum absolute atomic E-state index is 13.0. The van der Waals surface area contributed by atoms with Gasteiger partial charge in [0.15, 0.2) is 16.0 Å². The molecule has 5 rings (SSSR count). The van der Waals surface area contributed by atoms with Gasteiger partial charge in [0.2, 0.25) is 10.0 Å². The molecule has 0 saturated carbocycles. The van der Waals surface area contributed by atoms with Crippen molar-refractivity contribution in [3.05, 3.63) is 82.0 Å². The Hall–Kier alpha value is -2.87. The normalized spacial score (nSPS) is 14.3. The van der Waals surface area contributed by atoms with Crippen molar-refractivity contribution < 1.29 is 17.9 Å². The van der Waals surface area contributed by atoms with Gasteiger partial charge in [0.1, 0.15) is 0 Å². The fraction of sp³-hybridized carbons (Fsp3) is 0.231. The molecule has 0 atom stereocenters. The molecule has 9 nitrogen and oxygen atoms in total. The third kappa shape index (κ3) is 6.48. The molecule has 2 aromatic carbocycles. The number of sulfonamides is 1. The summed E-state index contributed by atoms with van der Waals surface area (Å²) in [7, 11) is -3.58. The topological polar surface area (TPSA) is 114 Å². The first-order valence-electron chi connectivity index (χ1n) is 12.0. The van der Waals surface area contributed by atoms with Crippen LogP contribution in [0.3, 0.4) is 0 Å². The minimum Gasteiger partial charge on any atom is -0.379 e. The van der Waals surface area contributed by atoms with Crippen LogP contribution in [0.1, 0.15) is 21.6 Å². The summed E-state index contributed by atoms with van der Waals surface area (Å²) in [5, 5.41) is 5.48. The minimum absolute atomic E-state index is 0.0633. The van der Waals surface area contributed by atoms with E-state index in [1.165, 1.54) is 39.2 Å². The van der Waals surface area contributed by atoms with Gasteiger partial charge in [0.05, 0.1) is 35.0 Å². The number of benzene rings is 2. The van der Waals surface area contributed by atoms with E-state index >= 15 is 0 Å². The quantitative estimate of drug-likeness (QED) is 0.218. The fourth-order valence-corrected chi connectivity index (χ4v) is 7.04. The highest BCUT2D eigenvalue weighted by molar-refractivity contribution is 7.98. The Morgan fingerprint density at radius 2 is 1.87 bits per heavy atom. The van der Waals surface area contributed by atoms with Crippen LogP contribution in [0.2, 0.25) is 5.02 Å². The zero-order valence-electron chi connectivity index (χ0n) is 20.8. The van der Waals surface area contributed by atoms with Crippen molar-refractivity contribution in [2.24, 2.45) is 0 Å². The Kier molecular flexibility index (Phi) is 8.60. The molecule has 4 aromatic rings. The molecule has 0 spiro atoms. The number of hydrogen-bond donors (Lipinski definition) is 1. The van der Waals surface area contributed by atoms with E-state index in [2.05, 4.69) is 20.3 Å². The number of nitrogens with zero attached hydrogens (tertiary/aromatic N) is 4. The van der Waals surface area contributed by atoms with E-state index in [-0.39, 0.29) is 15.6 Å². The summed E-state index contributed by atoms with van der Waals surface area (Å²) in [6.07, 6.45) is 1.42. The van der Waals surface area contributed by atoms with E-state index < -0.39 is 15.9 Å². The Morgan fingerprint density at radius 1 is 1.13 bits per heavy atom. The van der Waals surface area contributed by atoms with E-state index in [1.807, 2.05) is 31.2 Å². The summed E-state index contributed by atoms with van der Waals surface area (Å²) in [6.45, 7) is 3.49. The number of carbonyl (C=O) groups is 1. The average molecular weight is 602 g/mol. The Labute approximate surface area is 239 Å². The Bertz CT molecular complexity index is 1590. The van der Waals surface area contributed by atoms with E-state index in [0.29, 0.717) is 48.0 Å². The van der Waals surface area contributed by atoms with Gasteiger partial charge >= 0.3 is 0 Å². The summed E-state index contributed by atoms with van der Waals surface area (Å²) in [5.41, 5.74) is 3.73. The van der Waals surface area contributed by atoms with Crippen LogP contribution in [0.15, 0.2) is 70.2 Å². The number of ether oxygens (including phenoxy) is 1. The molecule has 3 heterocycles. The van der Waals surface area contributed by atoms with Crippen molar-refractivity contribution in [3.63, 3.8) is 0 Å². The first-order chi connectivity index (χ1) is 18.8. The van der Waals surface area contributed by atoms with Crippen LogP contribution in [-0.4, -0.2) is 59.9 Å². The zero-order chi connectivity index (χ0) is 27.4. The molecule has 2 aromatic heterocycles. The van der Waals surface area contributed by atoms with Crippen molar-refractivity contribution >= 4 is 55.8 Å². The molecule has 0 aliphatic carbocycles. The van der Waals surface area contributed by atoms with Gasteiger partial charge in [0, 0.05) is 29.8 Å². The molecule has 1 fully saturated rings. The highest BCUT2D eigenvalue weighted by atomic mass is 35.5. The Morgan fingerprint density at radius 3 is 2.62 bits per heavy atom. The van der Waals surface area contributed by atoms with Gasteiger partial charge in [-0.2, -0.15) is 4.31 Å². The largest absolute Gasteiger partial charge is 0.379 e. The van der Waals surface area contributed by atoms with Gasteiger partial charge in [-0.3, -0.25) is 10.1 Å². The summed E-state index contributed by atoms with van der Waals surface area (Å²) in [5.74, 6) is 0.172. The second-order valence-electron chi connectivity index (χ2n) is 8.60. The highest BCUT2D eigenvalue weighted by Gasteiger charge is 2.26. The van der Waals surface area contributed by atoms with Crippen molar-refractivity contribution in [3.8, 4) is 11.3 Å². The number of aromatic nitrogens is 3. The highest BCUT2D eigenvalue weighted by Crippen LogP contribution is 2.28. The van der Waals surface area contributed by atoms with Crippen LogP contribution in [0.25, 0.3) is 11.3 Å². The molecule has 1 saturated heterocycles. The lowest BCUT2D eigenvalue weighted by molar-refractivity contribution is 0.0730. The number of rotatable bonds is 8. The number of anilines is 1. The lowest BCUT2D eigenvalue weighted by atomic mass is 10.1. The number of aryl methyl sites for hydroxylation is 1. The number of nitrogens with one attached hydrogen (secondary N) is 1. The van der Waals surface area contributed by atoms with Gasteiger partial charge in [-0.05, 0) is 30.2 Å². The molecule has 1 aliphatic heterocycles. The SMILES string of the molecule is Cc1ccccc1CSc1ncc(Cl)c(C(=O)Nc2nc(-c3ccc(S(=O)(=O)N4CCOCC4)cc3)cs2)n1. The van der Waals surface area contributed by atoms with Crippen LogP contribution in [0.5, 0.6) is 0 Å². The lowest BCUT2D eigenvalue weighted by Crippen LogP contribution is -2.40.